The van der Waals surface area contributed by atoms with Gasteiger partial charge in [0.15, 0.2) is 0 Å². The summed E-state index contributed by atoms with van der Waals surface area (Å²) < 4.78 is 46.6. The first-order valence-corrected chi connectivity index (χ1v) is 9.58. The second-order valence-electron chi connectivity index (χ2n) is 7.08. The van der Waals surface area contributed by atoms with Crippen LogP contribution >= 0.6 is 11.6 Å². The van der Waals surface area contributed by atoms with E-state index in [1.165, 1.54) is 6.07 Å². The number of aromatic nitrogens is 2. The molecule has 3 aromatic rings. The zero-order valence-electron chi connectivity index (χ0n) is 16.0. The number of hydrogen-bond acceptors (Lipinski definition) is 2. The van der Waals surface area contributed by atoms with Gasteiger partial charge in [-0.25, -0.2) is 0 Å². The van der Waals surface area contributed by atoms with Crippen LogP contribution in [0.15, 0.2) is 36.5 Å². The third-order valence-corrected chi connectivity index (χ3v) is 4.81. The molecule has 7 heteroatoms. The van der Waals surface area contributed by atoms with Crippen LogP contribution in [-0.4, -0.2) is 16.4 Å². The molecule has 3 rings (SSSR count). The number of nitrogens with zero attached hydrogens (tertiary/aromatic N) is 2. The molecule has 0 bridgehead atoms. The predicted molar refractivity (Wildman–Crippen MR) is 106 cm³/mol. The lowest BCUT2D eigenvalue weighted by atomic mass is 10.0. The number of aryl methyl sites for hydroxylation is 1. The summed E-state index contributed by atoms with van der Waals surface area (Å²) in [6.45, 7) is 7.37. The van der Waals surface area contributed by atoms with E-state index in [4.69, 9.17) is 16.3 Å². The van der Waals surface area contributed by atoms with Crippen molar-refractivity contribution in [1.82, 2.24) is 9.78 Å². The third kappa shape index (κ3) is 4.27. The second-order valence-corrected chi connectivity index (χ2v) is 7.48. The third-order valence-electron chi connectivity index (χ3n) is 4.50. The van der Waals surface area contributed by atoms with Gasteiger partial charge in [0.05, 0.1) is 23.1 Å². The van der Waals surface area contributed by atoms with Crippen LogP contribution in [-0.2, 0) is 12.7 Å². The van der Waals surface area contributed by atoms with Crippen molar-refractivity contribution in [2.75, 3.05) is 6.61 Å². The van der Waals surface area contributed by atoms with E-state index in [1.54, 1.807) is 6.07 Å². The van der Waals surface area contributed by atoms with Gasteiger partial charge in [0.2, 0.25) is 0 Å². The van der Waals surface area contributed by atoms with E-state index in [0.29, 0.717) is 29.4 Å². The van der Waals surface area contributed by atoms with Crippen LogP contribution in [0, 0.1) is 5.92 Å². The zero-order chi connectivity index (χ0) is 20.5. The molecule has 0 amide bonds. The van der Waals surface area contributed by atoms with Gasteiger partial charge in [-0.05, 0) is 43.5 Å². The maximum atomic E-state index is 12.9. The molecule has 1 aromatic heterocycles. The van der Waals surface area contributed by atoms with Crippen LogP contribution in [0.1, 0.15) is 32.8 Å². The Kier molecular flexibility index (Phi) is 5.89. The standard InChI is InChI=1S/C21H22ClF3N2O/c1-4-28-20-16(15-6-5-14(11-18(15)22)21(23,24)25)7-8-19-17(20)12-27(26-19)10-9-13(2)3/h5-8,11-13H,4,9-10H2,1-3H3. The summed E-state index contributed by atoms with van der Waals surface area (Å²) in [7, 11) is 0. The number of fused-ring (bicyclic) bond motifs is 1. The number of alkyl halides is 3. The van der Waals surface area contributed by atoms with Crippen LogP contribution in [0.3, 0.4) is 0 Å². The lowest BCUT2D eigenvalue weighted by Gasteiger charge is -2.14. The van der Waals surface area contributed by atoms with E-state index in [-0.39, 0.29) is 5.02 Å². The molecule has 0 unspecified atom stereocenters. The monoisotopic (exact) mass is 410 g/mol. The van der Waals surface area contributed by atoms with Gasteiger partial charge in [0, 0.05) is 28.9 Å². The Bertz CT molecular complexity index is 980. The lowest BCUT2D eigenvalue weighted by molar-refractivity contribution is -0.137. The lowest BCUT2D eigenvalue weighted by Crippen LogP contribution is -2.04. The van der Waals surface area contributed by atoms with Gasteiger partial charge >= 0.3 is 6.18 Å². The van der Waals surface area contributed by atoms with Gasteiger partial charge in [-0.3, -0.25) is 4.68 Å². The Hall–Kier alpha value is -2.21. The summed E-state index contributed by atoms with van der Waals surface area (Å²) >= 11 is 6.21. The fraction of sp³-hybridized carbons (Fsp3) is 0.381. The first kappa shape index (κ1) is 20.5. The molecular formula is C21H22ClF3N2O. The largest absolute Gasteiger partial charge is 0.492 e. The smallest absolute Gasteiger partial charge is 0.416 e. The quantitative estimate of drug-likeness (QED) is 0.445. The predicted octanol–water partition coefficient (Wildman–Crippen LogP) is 6.82. The first-order valence-electron chi connectivity index (χ1n) is 9.20. The van der Waals surface area contributed by atoms with E-state index in [2.05, 4.69) is 18.9 Å². The number of ether oxygens (including phenoxy) is 1. The van der Waals surface area contributed by atoms with E-state index in [0.717, 1.165) is 36.0 Å². The average Bonchev–Trinajstić information content (AvgIpc) is 3.03. The second kappa shape index (κ2) is 8.03. The van der Waals surface area contributed by atoms with Gasteiger partial charge in [0.25, 0.3) is 0 Å². The van der Waals surface area contributed by atoms with Crippen molar-refractivity contribution in [3.05, 3.63) is 47.1 Å². The summed E-state index contributed by atoms with van der Waals surface area (Å²) in [5.74, 6) is 1.14. The number of halogens is 4. The van der Waals surface area contributed by atoms with Crippen molar-refractivity contribution in [3.8, 4) is 16.9 Å². The molecule has 3 nitrogen and oxygen atoms in total. The fourth-order valence-corrected chi connectivity index (χ4v) is 3.33. The molecule has 0 spiro atoms. The van der Waals surface area contributed by atoms with E-state index >= 15 is 0 Å². The molecule has 0 fully saturated rings. The maximum absolute atomic E-state index is 12.9. The Balaban J connectivity index is 2.09. The SMILES string of the molecule is CCOc1c(-c2ccc(C(F)(F)F)cc2Cl)ccc2nn(CCC(C)C)cc12. The Morgan fingerprint density at radius 3 is 2.46 bits per heavy atom. The molecule has 2 aromatic carbocycles. The number of benzene rings is 2. The van der Waals surface area contributed by atoms with Crippen LogP contribution in [0.4, 0.5) is 13.2 Å². The van der Waals surface area contributed by atoms with Crippen molar-refractivity contribution in [3.63, 3.8) is 0 Å². The van der Waals surface area contributed by atoms with Gasteiger partial charge in [-0.15, -0.1) is 0 Å². The molecule has 0 N–H and O–H groups in total. The van der Waals surface area contributed by atoms with Crippen LogP contribution in [0.2, 0.25) is 5.02 Å². The molecular weight excluding hydrogens is 389 g/mol. The van der Waals surface area contributed by atoms with Crippen molar-refractivity contribution in [2.24, 2.45) is 5.92 Å². The molecule has 0 saturated carbocycles. The summed E-state index contributed by atoms with van der Waals surface area (Å²) in [5, 5.41) is 5.43. The summed E-state index contributed by atoms with van der Waals surface area (Å²) in [6, 6.07) is 7.00. The minimum absolute atomic E-state index is 0.0299. The van der Waals surface area contributed by atoms with Crippen molar-refractivity contribution in [1.29, 1.82) is 0 Å². The topological polar surface area (TPSA) is 27.1 Å². The molecule has 0 saturated heterocycles. The summed E-state index contributed by atoms with van der Waals surface area (Å²) in [4.78, 5) is 0. The number of rotatable bonds is 6. The van der Waals surface area contributed by atoms with Gasteiger partial charge in [-0.2, -0.15) is 18.3 Å². The van der Waals surface area contributed by atoms with E-state index < -0.39 is 11.7 Å². The number of hydrogen-bond donors (Lipinski definition) is 0. The molecule has 150 valence electrons. The zero-order valence-corrected chi connectivity index (χ0v) is 16.7. The van der Waals surface area contributed by atoms with Crippen molar-refractivity contribution < 1.29 is 17.9 Å². The minimum atomic E-state index is -4.44. The van der Waals surface area contributed by atoms with Crippen molar-refractivity contribution >= 4 is 22.5 Å². The average molecular weight is 411 g/mol. The Labute approximate surface area is 167 Å². The van der Waals surface area contributed by atoms with E-state index in [9.17, 15) is 13.2 Å². The molecule has 0 atom stereocenters. The van der Waals surface area contributed by atoms with Gasteiger partial charge in [0.1, 0.15) is 5.75 Å². The molecule has 0 aliphatic rings. The fourth-order valence-electron chi connectivity index (χ4n) is 3.04. The highest BCUT2D eigenvalue weighted by atomic mass is 35.5. The Morgan fingerprint density at radius 1 is 1.14 bits per heavy atom. The first-order chi connectivity index (χ1) is 13.2. The molecule has 0 aliphatic heterocycles. The van der Waals surface area contributed by atoms with Crippen LogP contribution in [0.5, 0.6) is 5.75 Å². The highest BCUT2D eigenvalue weighted by Crippen LogP contribution is 2.41. The van der Waals surface area contributed by atoms with E-state index in [1.807, 2.05) is 23.9 Å². The van der Waals surface area contributed by atoms with Gasteiger partial charge < -0.3 is 4.74 Å². The maximum Gasteiger partial charge on any atom is 0.416 e. The van der Waals surface area contributed by atoms with Crippen LogP contribution < -0.4 is 4.74 Å². The van der Waals surface area contributed by atoms with Crippen LogP contribution in [0.25, 0.3) is 22.0 Å². The Morgan fingerprint density at radius 2 is 1.86 bits per heavy atom. The molecule has 28 heavy (non-hydrogen) atoms. The molecule has 0 radical (unpaired) electrons. The molecule has 1 heterocycles. The molecule has 0 aliphatic carbocycles. The summed E-state index contributed by atoms with van der Waals surface area (Å²) in [5.41, 5.74) is 1.15. The van der Waals surface area contributed by atoms with Gasteiger partial charge in [-0.1, -0.05) is 31.5 Å². The minimum Gasteiger partial charge on any atom is -0.492 e. The highest BCUT2D eigenvalue weighted by Gasteiger charge is 2.31. The highest BCUT2D eigenvalue weighted by molar-refractivity contribution is 6.33. The van der Waals surface area contributed by atoms with Crippen molar-refractivity contribution in [2.45, 2.75) is 39.9 Å². The summed E-state index contributed by atoms with van der Waals surface area (Å²) in [6.07, 6.45) is -1.52. The normalized spacial score (nSPS) is 12.1.